The van der Waals surface area contributed by atoms with Crippen LogP contribution in [0.25, 0.3) is 191 Å². The molecule has 542 valence electrons. The van der Waals surface area contributed by atoms with Gasteiger partial charge in [-0.1, -0.05) is 303 Å². The van der Waals surface area contributed by atoms with Crippen molar-refractivity contribution in [1.82, 2.24) is 0 Å². The second-order valence-corrected chi connectivity index (χ2v) is 34.4. The Balaban J connectivity index is 0.581. The highest BCUT2D eigenvalue weighted by Crippen LogP contribution is 2.51. The van der Waals surface area contributed by atoms with E-state index in [2.05, 4.69) is 422 Å². The molecule has 0 bridgehead atoms. The lowest BCUT2D eigenvalue weighted by molar-refractivity contribution is 1.28. The summed E-state index contributed by atoms with van der Waals surface area (Å²) >= 11 is 7.51. The predicted molar refractivity (Wildman–Crippen MR) is 506 cm³/mol. The normalized spacial score (nSPS) is 11.8. The highest BCUT2D eigenvalue weighted by molar-refractivity contribution is 7.27. The van der Waals surface area contributed by atoms with Crippen molar-refractivity contribution in [3.63, 3.8) is 0 Å². The van der Waals surface area contributed by atoms with Gasteiger partial charge in [0.2, 0.25) is 0 Å². The standard InChI is InChI=1S/C110H68N2S4/c1-3-36-85-69(22-1)24-18-44-89(85)91-38-5-9-47-100(91)111(82-33-15-28-73(62-82)76-52-56-95-93-40-7-11-49-102(93)113-105(95)65-76)81-32-14-27-72(61-81)71-26-13-31-79(60-71)88-43-20-46-99-109-87(42-21-51-104(109)116-110(88)99)80-55-59-98-97-58-54-78(67-107(97)115-108(98)68-80)75-30-17-35-84(64-75)112(101-48-10-6-39-92(101)90-45-19-25-70-23-2-4-37-86(70)90)83-34-16-29-74(63-83)77-53-57-96-94-41-8-12-50-103(94)114-106(96)66-77/h1-68H. The lowest BCUT2D eigenvalue weighted by Gasteiger charge is -2.29. The minimum atomic E-state index is 1.08. The average Bonchev–Trinajstić information content (AvgIpc) is 1.62. The van der Waals surface area contributed by atoms with E-state index in [1.165, 1.54) is 169 Å². The van der Waals surface area contributed by atoms with Gasteiger partial charge in [-0.05, 0) is 209 Å². The third-order valence-electron chi connectivity index (χ3n) is 23.4. The molecule has 0 saturated carbocycles. The largest absolute Gasteiger partial charge is 0.310 e. The van der Waals surface area contributed by atoms with Gasteiger partial charge < -0.3 is 9.80 Å². The van der Waals surface area contributed by atoms with Crippen LogP contribution in [-0.2, 0) is 0 Å². The molecule has 0 atom stereocenters. The smallest absolute Gasteiger partial charge is 0.0540 e. The molecule has 0 amide bonds. The lowest BCUT2D eigenvalue weighted by atomic mass is 9.95. The fourth-order valence-electron chi connectivity index (χ4n) is 18.0. The second kappa shape index (κ2) is 28.1. The number of benzene rings is 19. The van der Waals surface area contributed by atoms with Crippen molar-refractivity contribution in [1.29, 1.82) is 0 Å². The molecule has 4 heterocycles. The number of anilines is 6. The number of para-hydroxylation sites is 2. The SMILES string of the molecule is c1cc(-c2cccc(N(c3cccc(-c4ccc5c(c4)sc4ccccc45)c3)c3ccccc3-c3cccc4ccccc34)c2)cc(-c2cccc3c2sc2cccc(-c4ccc5c(c4)sc4cc(-c6cccc(N(c7cccc(-c8ccc9c(c8)sc8ccccc89)c7)c7ccccc7-c7cccc8ccccc78)c6)ccc45)c23)c1. The number of thiophene rings is 4. The Bertz CT molecular complexity index is 7890. The summed E-state index contributed by atoms with van der Waals surface area (Å²) in [5.74, 6) is 0. The quantitative estimate of drug-likeness (QED) is 0.107. The van der Waals surface area contributed by atoms with Crippen LogP contribution in [0.3, 0.4) is 0 Å². The van der Waals surface area contributed by atoms with Gasteiger partial charge >= 0.3 is 0 Å². The van der Waals surface area contributed by atoms with Crippen LogP contribution in [0.4, 0.5) is 34.1 Å². The van der Waals surface area contributed by atoms with Gasteiger partial charge in [-0.25, -0.2) is 0 Å². The first-order valence-corrected chi connectivity index (χ1v) is 42.7. The van der Waals surface area contributed by atoms with Crippen LogP contribution >= 0.6 is 45.3 Å². The van der Waals surface area contributed by atoms with Crippen LogP contribution in [0, 0.1) is 0 Å². The van der Waals surface area contributed by atoms with E-state index in [1.54, 1.807) is 0 Å². The van der Waals surface area contributed by atoms with Crippen molar-refractivity contribution in [2.75, 3.05) is 9.80 Å². The van der Waals surface area contributed by atoms with E-state index in [4.69, 9.17) is 0 Å². The van der Waals surface area contributed by atoms with Crippen LogP contribution in [0.5, 0.6) is 0 Å². The van der Waals surface area contributed by atoms with Gasteiger partial charge in [0.05, 0.1) is 11.4 Å². The maximum Gasteiger partial charge on any atom is 0.0540 e. The monoisotopic (exact) mass is 1540 g/mol. The summed E-state index contributed by atoms with van der Waals surface area (Å²) in [5, 5.41) is 15.2. The second-order valence-electron chi connectivity index (χ2n) is 30.1. The third kappa shape index (κ3) is 11.7. The fourth-order valence-corrected chi connectivity index (χ4v) is 22.7. The van der Waals surface area contributed by atoms with Crippen LogP contribution in [0.1, 0.15) is 0 Å². The van der Waals surface area contributed by atoms with E-state index in [9.17, 15) is 0 Å². The molecule has 0 aliphatic heterocycles. The molecule has 19 aromatic carbocycles. The Morgan fingerprint density at radius 2 is 0.448 bits per heavy atom. The maximum absolute atomic E-state index is 2.47. The highest BCUT2D eigenvalue weighted by Gasteiger charge is 2.25. The van der Waals surface area contributed by atoms with Crippen molar-refractivity contribution < 1.29 is 0 Å². The van der Waals surface area contributed by atoms with Gasteiger partial charge in [-0.3, -0.25) is 0 Å². The van der Waals surface area contributed by atoms with Crippen LogP contribution < -0.4 is 9.80 Å². The van der Waals surface area contributed by atoms with Crippen molar-refractivity contribution in [2.24, 2.45) is 0 Å². The number of hydrogen-bond acceptors (Lipinski definition) is 6. The Morgan fingerprint density at radius 1 is 0.155 bits per heavy atom. The van der Waals surface area contributed by atoms with Crippen molar-refractivity contribution in [2.45, 2.75) is 0 Å². The molecule has 2 nitrogen and oxygen atoms in total. The molecule has 116 heavy (non-hydrogen) atoms. The molecule has 0 spiro atoms. The van der Waals surface area contributed by atoms with E-state index in [1.807, 2.05) is 45.3 Å². The number of rotatable bonds is 14. The predicted octanol–water partition coefficient (Wildman–Crippen LogP) is 33.7. The molecular weight excluding hydrogens is 1480 g/mol. The minimum Gasteiger partial charge on any atom is -0.310 e. The molecule has 0 aliphatic carbocycles. The van der Waals surface area contributed by atoms with Crippen molar-refractivity contribution in [3.05, 3.63) is 413 Å². The lowest BCUT2D eigenvalue weighted by Crippen LogP contribution is -2.11. The van der Waals surface area contributed by atoms with Gasteiger partial charge in [-0.2, -0.15) is 0 Å². The molecule has 0 fully saturated rings. The van der Waals surface area contributed by atoms with Gasteiger partial charge in [0.25, 0.3) is 0 Å². The van der Waals surface area contributed by atoms with Gasteiger partial charge in [0, 0.05) is 115 Å². The molecule has 6 heteroatoms. The van der Waals surface area contributed by atoms with Gasteiger partial charge in [-0.15, -0.1) is 45.3 Å². The van der Waals surface area contributed by atoms with E-state index in [0.29, 0.717) is 0 Å². The third-order valence-corrected chi connectivity index (χ3v) is 28.0. The molecule has 0 saturated heterocycles. The number of fused-ring (bicyclic) bond motifs is 14. The summed E-state index contributed by atoms with van der Waals surface area (Å²) in [6.45, 7) is 0. The summed E-state index contributed by atoms with van der Waals surface area (Å²) in [5.41, 5.74) is 25.5. The van der Waals surface area contributed by atoms with Crippen molar-refractivity contribution >= 4 is 182 Å². The van der Waals surface area contributed by atoms with Crippen LogP contribution in [0.2, 0.25) is 0 Å². The molecule has 4 aromatic heterocycles. The first-order valence-electron chi connectivity index (χ1n) is 39.5. The van der Waals surface area contributed by atoms with Crippen molar-refractivity contribution in [3.8, 4) is 89.0 Å². The Morgan fingerprint density at radius 3 is 0.940 bits per heavy atom. The zero-order chi connectivity index (χ0) is 76.3. The zero-order valence-electron chi connectivity index (χ0n) is 62.8. The summed E-state index contributed by atoms with van der Waals surface area (Å²) in [4.78, 5) is 4.93. The van der Waals surface area contributed by atoms with Crippen LogP contribution in [-0.4, -0.2) is 0 Å². The Labute approximate surface area is 687 Å². The van der Waals surface area contributed by atoms with Crippen LogP contribution in [0.15, 0.2) is 413 Å². The molecule has 0 N–H and O–H groups in total. The maximum atomic E-state index is 2.47. The van der Waals surface area contributed by atoms with E-state index in [-0.39, 0.29) is 0 Å². The number of hydrogen-bond donors (Lipinski definition) is 0. The topological polar surface area (TPSA) is 6.48 Å². The molecule has 23 aromatic rings. The van der Waals surface area contributed by atoms with E-state index >= 15 is 0 Å². The molecular formula is C110H68N2S4. The average molecular weight is 1550 g/mol. The zero-order valence-corrected chi connectivity index (χ0v) is 66.1. The minimum absolute atomic E-state index is 1.08. The first kappa shape index (κ1) is 67.8. The molecule has 0 aliphatic rings. The van der Waals surface area contributed by atoms with Gasteiger partial charge in [0.15, 0.2) is 0 Å². The van der Waals surface area contributed by atoms with E-state index in [0.717, 1.165) is 56.4 Å². The summed E-state index contributed by atoms with van der Waals surface area (Å²) in [6.07, 6.45) is 0. The van der Waals surface area contributed by atoms with Gasteiger partial charge in [0.1, 0.15) is 0 Å². The Kier molecular flexibility index (Phi) is 16.4. The first-order chi connectivity index (χ1) is 57.5. The Hall–Kier alpha value is -13.8. The summed E-state index contributed by atoms with van der Waals surface area (Å²) in [6, 6.07) is 154. The van der Waals surface area contributed by atoms with E-state index < -0.39 is 0 Å². The summed E-state index contributed by atoms with van der Waals surface area (Å²) in [7, 11) is 0. The fraction of sp³-hybridized carbons (Fsp3) is 0. The summed E-state index contributed by atoms with van der Waals surface area (Å²) < 4.78 is 10.3. The molecule has 0 unspecified atom stereocenters. The number of nitrogens with zero attached hydrogens (tertiary/aromatic N) is 2. The molecule has 0 radical (unpaired) electrons. The molecule has 23 rings (SSSR count). The highest BCUT2D eigenvalue weighted by atomic mass is 32.1.